The van der Waals surface area contributed by atoms with Gasteiger partial charge in [0.05, 0.1) is 11.3 Å². The lowest BCUT2D eigenvalue weighted by Crippen LogP contribution is -2.07. The number of aromatic nitrogens is 2. The van der Waals surface area contributed by atoms with Crippen molar-refractivity contribution in [2.24, 2.45) is 0 Å². The van der Waals surface area contributed by atoms with E-state index in [-0.39, 0.29) is 4.88 Å². The second kappa shape index (κ2) is 4.85. The van der Waals surface area contributed by atoms with Gasteiger partial charge in [-0.05, 0) is 30.1 Å². The molecule has 1 aromatic heterocycles. The fourth-order valence-electron chi connectivity index (χ4n) is 1.44. The summed E-state index contributed by atoms with van der Waals surface area (Å²) in [4.78, 5) is 12.1. The molecule has 0 atom stereocenters. The molecule has 7 heteroatoms. The Morgan fingerprint density at radius 2 is 2.00 bits per heavy atom. The molecule has 94 valence electrons. The second-order valence-corrected chi connectivity index (χ2v) is 4.21. The van der Waals surface area contributed by atoms with Crippen molar-refractivity contribution in [1.82, 2.24) is 9.59 Å². The smallest absolute Gasteiger partial charge is 0.209 e. The van der Waals surface area contributed by atoms with Gasteiger partial charge in [-0.15, -0.1) is 5.10 Å². The van der Waals surface area contributed by atoms with Crippen LogP contribution in [0.4, 0.5) is 13.2 Å². The number of hydrogen-bond acceptors (Lipinski definition) is 4. The molecule has 1 aromatic carbocycles. The van der Waals surface area contributed by atoms with Gasteiger partial charge in [-0.1, -0.05) is 11.4 Å². The van der Waals surface area contributed by atoms with Gasteiger partial charge in [0.15, 0.2) is 17.5 Å². The van der Waals surface area contributed by atoms with Gasteiger partial charge in [-0.3, -0.25) is 4.79 Å². The minimum Gasteiger partial charge on any atom is -0.287 e. The Kier molecular flexibility index (Phi) is 3.42. The number of benzene rings is 1. The molecule has 0 radical (unpaired) electrons. The van der Waals surface area contributed by atoms with Crippen molar-refractivity contribution in [3.63, 3.8) is 0 Å². The van der Waals surface area contributed by atoms with E-state index in [1.807, 2.05) is 0 Å². The number of aryl methyl sites for hydroxylation is 1. The van der Waals surface area contributed by atoms with Crippen molar-refractivity contribution in [2.45, 2.75) is 13.3 Å². The van der Waals surface area contributed by atoms with E-state index < -0.39 is 28.8 Å². The van der Waals surface area contributed by atoms with Gasteiger partial charge in [0.2, 0.25) is 5.78 Å². The van der Waals surface area contributed by atoms with Crippen LogP contribution in [0.15, 0.2) is 12.1 Å². The van der Waals surface area contributed by atoms with Crippen molar-refractivity contribution in [3.8, 4) is 0 Å². The average Bonchev–Trinajstić information content (AvgIpc) is 2.83. The molecular formula is C11H7F3N2OS. The quantitative estimate of drug-likeness (QED) is 0.637. The standard InChI is InChI=1S/C11H7F3N2OS/c1-2-7-11(18-16-15-7)10(17)5-3-4-6(12)9(14)8(5)13/h3-4H,2H2,1H3. The van der Waals surface area contributed by atoms with Crippen molar-refractivity contribution in [2.75, 3.05) is 0 Å². The van der Waals surface area contributed by atoms with Crippen LogP contribution in [0.2, 0.25) is 0 Å². The minimum absolute atomic E-state index is 0.141. The van der Waals surface area contributed by atoms with Crippen molar-refractivity contribution in [3.05, 3.63) is 45.7 Å². The third kappa shape index (κ3) is 2.01. The summed E-state index contributed by atoms with van der Waals surface area (Å²) in [6, 6.07) is 1.63. The van der Waals surface area contributed by atoms with Crippen LogP contribution in [-0.2, 0) is 6.42 Å². The van der Waals surface area contributed by atoms with Crippen molar-refractivity contribution >= 4 is 17.3 Å². The van der Waals surface area contributed by atoms with Crippen LogP contribution in [0.5, 0.6) is 0 Å². The van der Waals surface area contributed by atoms with Gasteiger partial charge in [-0.25, -0.2) is 13.2 Å². The zero-order valence-electron chi connectivity index (χ0n) is 9.21. The Labute approximate surface area is 104 Å². The maximum Gasteiger partial charge on any atom is 0.209 e. The monoisotopic (exact) mass is 272 g/mol. The van der Waals surface area contributed by atoms with E-state index in [0.717, 1.165) is 17.6 Å². The third-order valence-electron chi connectivity index (χ3n) is 2.38. The molecule has 0 saturated heterocycles. The molecule has 2 rings (SSSR count). The fraction of sp³-hybridized carbons (Fsp3) is 0.182. The van der Waals surface area contributed by atoms with Gasteiger partial charge in [-0.2, -0.15) is 0 Å². The van der Waals surface area contributed by atoms with E-state index in [0.29, 0.717) is 18.2 Å². The van der Waals surface area contributed by atoms with E-state index in [1.165, 1.54) is 0 Å². The molecule has 0 saturated carbocycles. The van der Waals surface area contributed by atoms with Gasteiger partial charge in [0.1, 0.15) is 4.88 Å². The number of carbonyl (C=O) groups is 1. The molecule has 1 heterocycles. The molecule has 3 nitrogen and oxygen atoms in total. The van der Waals surface area contributed by atoms with Crippen LogP contribution in [0.3, 0.4) is 0 Å². The van der Waals surface area contributed by atoms with Gasteiger partial charge >= 0.3 is 0 Å². The number of hydrogen-bond donors (Lipinski definition) is 0. The maximum absolute atomic E-state index is 13.5. The highest BCUT2D eigenvalue weighted by molar-refractivity contribution is 7.08. The summed E-state index contributed by atoms with van der Waals surface area (Å²) in [6.07, 6.45) is 0.447. The SMILES string of the molecule is CCc1nnsc1C(=O)c1ccc(F)c(F)c1F. The largest absolute Gasteiger partial charge is 0.287 e. The third-order valence-corrected chi connectivity index (χ3v) is 3.14. The zero-order chi connectivity index (χ0) is 13.3. The van der Waals surface area contributed by atoms with Crippen LogP contribution < -0.4 is 0 Å². The number of halogens is 3. The van der Waals surface area contributed by atoms with E-state index in [9.17, 15) is 18.0 Å². The number of nitrogens with zero attached hydrogens (tertiary/aromatic N) is 2. The number of ketones is 1. The first kappa shape index (κ1) is 12.7. The molecule has 0 bridgehead atoms. The summed E-state index contributed by atoms with van der Waals surface area (Å²) in [5, 5.41) is 3.71. The maximum atomic E-state index is 13.5. The van der Waals surface area contributed by atoms with Crippen LogP contribution in [0.25, 0.3) is 0 Å². The fourth-order valence-corrected chi connectivity index (χ4v) is 2.14. The van der Waals surface area contributed by atoms with Crippen molar-refractivity contribution < 1.29 is 18.0 Å². The summed E-state index contributed by atoms with van der Waals surface area (Å²) in [7, 11) is 0. The Morgan fingerprint density at radius 3 is 2.67 bits per heavy atom. The van der Waals surface area contributed by atoms with E-state index in [2.05, 4.69) is 9.59 Å². The topological polar surface area (TPSA) is 42.9 Å². The molecule has 0 unspecified atom stereocenters. The van der Waals surface area contributed by atoms with Crippen LogP contribution in [0.1, 0.15) is 27.9 Å². The number of carbonyl (C=O) groups excluding carboxylic acids is 1. The molecule has 0 amide bonds. The average molecular weight is 272 g/mol. The van der Waals surface area contributed by atoms with Crippen LogP contribution in [-0.4, -0.2) is 15.4 Å². The molecule has 0 aliphatic carbocycles. The predicted molar refractivity (Wildman–Crippen MR) is 59.0 cm³/mol. The van der Waals surface area contributed by atoms with Crippen LogP contribution >= 0.6 is 11.5 Å². The first-order valence-corrected chi connectivity index (χ1v) is 5.83. The molecule has 0 aliphatic rings. The van der Waals surface area contributed by atoms with Gasteiger partial charge in [0.25, 0.3) is 0 Å². The highest BCUT2D eigenvalue weighted by atomic mass is 32.1. The molecule has 0 N–H and O–H groups in total. The molecule has 18 heavy (non-hydrogen) atoms. The Morgan fingerprint density at radius 1 is 1.28 bits per heavy atom. The zero-order valence-corrected chi connectivity index (χ0v) is 10.0. The van der Waals surface area contributed by atoms with E-state index >= 15 is 0 Å². The van der Waals surface area contributed by atoms with Gasteiger partial charge < -0.3 is 0 Å². The number of rotatable bonds is 3. The first-order valence-electron chi connectivity index (χ1n) is 5.05. The second-order valence-electron chi connectivity index (χ2n) is 3.45. The van der Waals surface area contributed by atoms with Crippen molar-refractivity contribution in [1.29, 1.82) is 0 Å². The predicted octanol–water partition coefficient (Wildman–Crippen LogP) is 2.75. The highest BCUT2D eigenvalue weighted by Crippen LogP contribution is 2.21. The molecule has 0 fully saturated rings. The van der Waals surface area contributed by atoms with Gasteiger partial charge in [0, 0.05) is 0 Å². The summed E-state index contributed by atoms with van der Waals surface area (Å²) in [5.41, 5.74) is -0.108. The Balaban J connectivity index is 2.50. The lowest BCUT2D eigenvalue weighted by atomic mass is 10.1. The molecule has 2 aromatic rings. The highest BCUT2D eigenvalue weighted by Gasteiger charge is 2.23. The lowest BCUT2D eigenvalue weighted by molar-refractivity contribution is 0.103. The van der Waals surface area contributed by atoms with Crippen LogP contribution in [0, 0.1) is 17.5 Å². The Bertz CT molecular complexity index is 612. The minimum atomic E-state index is -1.66. The Hall–Kier alpha value is -1.76. The summed E-state index contributed by atoms with van der Waals surface area (Å²) >= 11 is 0.802. The molecule has 0 spiro atoms. The van der Waals surface area contributed by atoms with E-state index in [4.69, 9.17) is 0 Å². The summed E-state index contributed by atoms with van der Waals surface area (Å²) < 4.78 is 42.9. The van der Waals surface area contributed by atoms with E-state index in [1.54, 1.807) is 6.92 Å². The first-order chi connectivity index (χ1) is 8.56. The lowest BCUT2D eigenvalue weighted by Gasteiger charge is -2.02. The summed E-state index contributed by atoms with van der Waals surface area (Å²) in [6.45, 7) is 1.76. The normalized spacial score (nSPS) is 10.7. The molecular weight excluding hydrogens is 265 g/mol. The summed E-state index contributed by atoms with van der Waals surface area (Å²) in [5.74, 6) is -5.22. The molecule has 0 aliphatic heterocycles.